The van der Waals surface area contributed by atoms with Crippen LogP contribution in [0.5, 0.6) is 0 Å². The molecule has 5 nitrogen and oxygen atoms in total. The Morgan fingerprint density at radius 3 is 2.20 bits per heavy atom. The molecular formula is C14H29NO4Si. The molecule has 0 aliphatic carbocycles. The summed E-state index contributed by atoms with van der Waals surface area (Å²) in [7, 11) is -1.19. The zero-order chi connectivity index (χ0) is 16.0. The molecule has 1 atom stereocenters. The molecule has 0 heterocycles. The van der Waals surface area contributed by atoms with Gasteiger partial charge in [0.15, 0.2) is 0 Å². The van der Waals surface area contributed by atoms with Gasteiger partial charge in [0, 0.05) is 14.5 Å². The van der Waals surface area contributed by atoms with Crippen molar-refractivity contribution in [3.63, 3.8) is 0 Å². The Kier molecular flexibility index (Phi) is 7.44. The molecule has 0 aromatic carbocycles. The minimum Gasteiger partial charge on any atom is -0.466 e. The average Bonchev–Trinajstić information content (AvgIpc) is 2.21. The lowest BCUT2D eigenvalue weighted by Gasteiger charge is -2.22. The highest BCUT2D eigenvalue weighted by molar-refractivity contribution is 6.76. The van der Waals surface area contributed by atoms with Gasteiger partial charge < -0.3 is 15.2 Å². The van der Waals surface area contributed by atoms with Crippen LogP contribution < -0.4 is 5.73 Å². The van der Waals surface area contributed by atoms with Crippen LogP contribution in [-0.2, 0) is 19.1 Å². The first kappa shape index (κ1) is 19.1. The minimum absolute atomic E-state index is 0.145. The van der Waals surface area contributed by atoms with Crippen LogP contribution in [0.25, 0.3) is 0 Å². The van der Waals surface area contributed by atoms with Crippen molar-refractivity contribution in [3.05, 3.63) is 0 Å². The summed E-state index contributed by atoms with van der Waals surface area (Å²) in [4.78, 5) is 23.1. The van der Waals surface area contributed by atoms with Gasteiger partial charge in [-0.2, -0.15) is 0 Å². The summed E-state index contributed by atoms with van der Waals surface area (Å²) in [6, 6.07) is 0.162. The van der Waals surface area contributed by atoms with Crippen LogP contribution in [0.1, 0.15) is 33.6 Å². The maximum absolute atomic E-state index is 11.6. The fraction of sp³-hybridized carbons (Fsp3) is 0.857. The molecule has 0 saturated carbocycles. The quantitative estimate of drug-likeness (QED) is 0.577. The molecule has 0 aliphatic heterocycles. The standard InChI is InChI=1S/C14H29NO4Si/c1-14(2,3)19-13(17)11(15)7-8-12(16)18-9-10-20(4,5)6/h11H,7-10,15H2,1-6H3/t11-/m0/s1. The number of rotatable bonds is 7. The second-order valence-corrected chi connectivity index (χ2v) is 12.8. The molecule has 0 spiro atoms. The van der Waals surface area contributed by atoms with Crippen LogP contribution in [0.4, 0.5) is 0 Å². The highest BCUT2D eigenvalue weighted by Gasteiger charge is 2.23. The first-order chi connectivity index (χ1) is 8.91. The molecule has 6 heteroatoms. The number of carbonyl (C=O) groups is 2. The first-order valence-corrected chi connectivity index (χ1v) is 10.8. The van der Waals surface area contributed by atoms with Crippen molar-refractivity contribution in [2.45, 2.75) is 70.9 Å². The highest BCUT2D eigenvalue weighted by atomic mass is 28.3. The molecular weight excluding hydrogens is 274 g/mol. The minimum atomic E-state index is -1.19. The zero-order valence-electron chi connectivity index (χ0n) is 13.6. The normalized spacial score (nSPS) is 13.8. The first-order valence-electron chi connectivity index (χ1n) is 7.05. The smallest absolute Gasteiger partial charge is 0.323 e. The maximum atomic E-state index is 11.6. The predicted octanol–water partition coefficient (Wildman–Crippen LogP) is 2.32. The van der Waals surface area contributed by atoms with Crippen LogP contribution in [0.3, 0.4) is 0 Å². The SMILES string of the molecule is CC(C)(C)OC(=O)[C@@H](N)CCC(=O)OCC[Si](C)(C)C. The monoisotopic (exact) mass is 303 g/mol. The van der Waals surface area contributed by atoms with E-state index in [9.17, 15) is 9.59 Å². The summed E-state index contributed by atoms with van der Waals surface area (Å²) in [5.74, 6) is -0.783. The van der Waals surface area contributed by atoms with Crippen LogP contribution >= 0.6 is 0 Å². The molecule has 0 bridgehead atoms. The molecule has 0 aliphatic rings. The fourth-order valence-corrected chi connectivity index (χ4v) is 2.03. The second-order valence-electron chi connectivity index (χ2n) is 7.21. The number of esters is 2. The molecule has 118 valence electrons. The molecule has 20 heavy (non-hydrogen) atoms. The van der Waals surface area contributed by atoms with E-state index in [-0.39, 0.29) is 18.8 Å². The molecule has 0 aromatic rings. The van der Waals surface area contributed by atoms with Crippen molar-refractivity contribution in [2.24, 2.45) is 5.73 Å². The Bertz CT molecular complexity index is 331. The van der Waals surface area contributed by atoms with Crippen molar-refractivity contribution >= 4 is 20.0 Å². The summed E-state index contributed by atoms with van der Waals surface area (Å²) in [5.41, 5.74) is 5.13. The van der Waals surface area contributed by atoms with Crippen LogP contribution in [0.2, 0.25) is 25.7 Å². The molecule has 0 saturated heterocycles. The van der Waals surface area contributed by atoms with E-state index in [2.05, 4.69) is 19.6 Å². The number of carbonyl (C=O) groups excluding carboxylic acids is 2. The lowest BCUT2D eigenvalue weighted by molar-refractivity contribution is -0.156. The van der Waals surface area contributed by atoms with Gasteiger partial charge in [-0.25, -0.2) is 0 Å². The Hall–Kier alpha value is -0.883. The summed E-state index contributed by atoms with van der Waals surface area (Å²) in [5, 5.41) is 0. The Labute approximate surface area is 123 Å². The summed E-state index contributed by atoms with van der Waals surface area (Å²) >= 11 is 0. The largest absolute Gasteiger partial charge is 0.466 e. The summed E-state index contributed by atoms with van der Waals surface area (Å²) < 4.78 is 10.3. The molecule has 0 unspecified atom stereocenters. The third kappa shape index (κ3) is 11.0. The van der Waals surface area contributed by atoms with Crippen molar-refractivity contribution in [3.8, 4) is 0 Å². The van der Waals surface area contributed by atoms with Crippen molar-refractivity contribution in [2.75, 3.05) is 6.61 Å². The molecule has 0 radical (unpaired) electrons. The lowest BCUT2D eigenvalue weighted by Crippen LogP contribution is -2.37. The van der Waals surface area contributed by atoms with Gasteiger partial charge in [0.2, 0.25) is 0 Å². The van der Waals surface area contributed by atoms with E-state index in [1.54, 1.807) is 20.8 Å². The van der Waals surface area contributed by atoms with E-state index in [0.717, 1.165) is 6.04 Å². The van der Waals surface area contributed by atoms with Crippen molar-refractivity contribution in [1.82, 2.24) is 0 Å². The Morgan fingerprint density at radius 2 is 1.75 bits per heavy atom. The van der Waals surface area contributed by atoms with Crippen LogP contribution in [-0.4, -0.2) is 38.3 Å². The molecule has 2 N–H and O–H groups in total. The third-order valence-corrected chi connectivity index (χ3v) is 4.19. The molecule has 0 rings (SSSR count). The summed E-state index contributed by atoms with van der Waals surface area (Å²) in [6.07, 6.45) is 0.396. The van der Waals surface area contributed by atoms with Gasteiger partial charge in [-0.15, -0.1) is 0 Å². The van der Waals surface area contributed by atoms with Gasteiger partial charge in [0.1, 0.15) is 11.6 Å². The topological polar surface area (TPSA) is 78.6 Å². The van der Waals surface area contributed by atoms with E-state index >= 15 is 0 Å². The number of hydrogen-bond donors (Lipinski definition) is 1. The van der Waals surface area contributed by atoms with E-state index in [4.69, 9.17) is 15.2 Å². The lowest BCUT2D eigenvalue weighted by atomic mass is 10.1. The van der Waals surface area contributed by atoms with Gasteiger partial charge in [-0.1, -0.05) is 19.6 Å². The van der Waals surface area contributed by atoms with E-state index in [1.807, 2.05) is 0 Å². The highest BCUT2D eigenvalue weighted by Crippen LogP contribution is 2.11. The van der Waals surface area contributed by atoms with E-state index in [1.165, 1.54) is 0 Å². The molecule has 0 amide bonds. The predicted molar refractivity (Wildman–Crippen MR) is 82.2 cm³/mol. The van der Waals surface area contributed by atoms with E-state index < -0.39 is 25.7 Å². The van der Waals surface area contributed by atoms with Crippen molar-refractivity contribution < 1.29 is 19.1 Å². The average molecular weight is 303 g/mol. The Morgan fingerprint density at radius 1 is 1.20 bits per heavy atom. The van der Waals surface area contributed by atoms with Gasteiger partial charge in [0.25, 0.3) is 0 Å². The number of ether oxygens (including phenoxy) is 2. The van der Waals surface area contributed by atoms with Gasteiger partial charge >= 0.3 is 11.9 Å². The number of hydrogen-bond acceptors (Lipinski definition) is 5. The van der Waals surface area contributed by atoms with E-state index in [0.29, 0.717) is 6.61 Å². The van der Waals surface area contributed by atoms with Gasteiger partial charge in [-0.05, 0) is 33.2 Å². The summed E-state index contributed by atoms with van der Waals surface area (Å²) in [6.45, 7) is 12.5. The zero-order valence-corrected chi connectivity index (χ0v) is 14.6. The fourth-order valence-electron chi connectivity index (χ4n) is 1.31. The van der Waals surface area contributed by atoms with Crippen LogP contribution in [0, 0.1) is 0 Å². The second kappa shape index (κ2) is 7.78. The van der Waals surface area contributed by atoms with Gasteiger partial charge in [-0.3, -0.25) is 9.59 Å². The van der Waals surface area contributed by atoms with Crippen molar-refractivity contribution in [1.29, 1.82) is 0 Å². The molecule has 0 aromatic heterocycles. The number of nitrogens with two attached hydrogens (primary N) is 1. The van der Waals surface area contributed by atoms with Crippen LogP contribution in [0.15, 0.2) is 0 Å². The maximum Gasteiger partial charge on any atom is 0.323 e. The third-order valence-electron chi connectivity index (χ3n) is 2.48. The molecule has 0 fully saturated rings. The Balaban J connectivity index is 3.92. The van der Waals surface area contributed by atoms with Gasteiger partial charge in [0.05, 0.1) is 6.61 Å².